The standard InChI is InChI=1S/C24H26FN3O4S/c1-15-10-19(29)11-16-4-5-18(12-21(15)16)26-24(30)22-13-20(33(31,32)27(2)3)6-7-23(22)28-9-8-17(25)14-28/h4-7,10,12-13,17H,8-9,11,14H2,1-3H3,(H,26,30)/t17-/m1/s1. The van der Waals surface area contributed by atoms with Crippen LogP contribution in [0.25, 0.3) is 5.57 Å². The minimum Gasteiger partial charge on any atom is -0.368 e. The smallest absolute Gasteiger partial charge is 0.257 e. The first-order valence-corrected chi connectivity index (χ1v) is 12.1. The first kappa shape index (κ1) is 23.1. The Morgan fingerprint density at radius 3 is 2.61 bits per heavy atom. The van der Waals surface area contributed by atoms with Gasteiger partial charge in [-0.15, -0.1) is 0 Å². The number of anilines is 2. The number of fused-ring (bicyclic) bond motifs is 1. The molecule has 1 N–H and O–H groups in total. The Morgan fingerprint density at radius 1 is 1.18 bits per heavy atom. The number of ketones is 1. The summed E-state index contributed by atoms with van der Waals surface area (Å²) in [6, 6.07) is 9.68. The Bertz CT molecular complexity index is 1270. The Hall–Kier alpha value is -3.04. The van der Waals surface area contributed by atoms with Gasteiger partial charge in [0.1, 0.15) is 6.17 Å². The number of carbonyl (C=O) groups is 2. The van der Waals surface area contributed by atoms with Crippen LogP contribution in [-0.4, -0.2) is 57.8 Å². The van der Waals surface area contributed by atoms with Gasteiger partial charge in [-0.05, 0) is 66.5 Å². The molecule has 174 valence electrons. The molecule has 1 fully saturated rings. The van der Waals surface area contributed by atoms with E-state index in [2.05, 4.69) is 5.32 Å². The number of nitrogens with zero attached hydrogens (tertiary/aromatic N) is 2. The van der Waals surface area contributed by atoms with Crippen molar-refractivity contribution in [2.24, 2.45) is 0 Å². The van der Waals surface area contributed by atoms with E-state index in [-0.39, 0.29) is 22.8 Å². The summed E-state index contributed by atoms with van der Waals surface area (Å²) in [5, 5.41) is 2.84. The molecule has 0 unspecified atom stereocenters. The van der Waals surface area contributed by atoms with E-state index in [0.717, 1.165) is 21.0 Å². The summed E-state index contributed by atoms with van der Waals surface area (Å²) in [5.74, 6) is -0.450. The van der Waals surface area contributed by atoms with E-state index >= 15 is 0 Å². The van der Waals surface area contributed by atoms with Gasteiger partial charge >= 0.3 is 0 Å². The molecule has 1 heterocycles. The van der Waals surface area contributed by atoms with E-state index < -0.39 is 22.1 Å². The van der Waals surface area contributed by atoms with Gasteiger partial charge in [0, 0.05) is 45.0 Å². The molecule has 1 saturated heterocycles. The van der Waals surface area contributed by atoms with Gasteiger partial charge in [0.05, 0.1) is 10.5 Å². The second kappa shape index (κ2) is 8.72. The van der Waals surface area contributed by atoms with Gasteiger partial charge < -0.3 is 10.2 Å². The van der Waals surface area contributed by atoms with Gasteiger partial charge in [0.25, 0.3) is 5.91 Å². The third kappa shape index (κ3) is 4.56. The van der Waals surface area contributed by atoms with Gasteiger partial charge in [-0.3, -0.25) is 9.59 Å². The van der Waals surface area contributed by atoms with Crippen LogP contribution >= 0.6 is 0 Å². The summed E-state index contributed by atoms with van der Waals surface area (Å²) < 4.78 is 40.3. The highest BCUT2D eigenvalue weighted by molar-refractivity contribution is 7.89. The molecule has 33 heavy (non-hydrogen) atoms. The minimum atomic E-state index is -3.76. The molecule has 0 saturated carbocycles. The molecule has 7 nitrogen and oxygen atoms in total. The molecule has 1 aliphatic carbocycles. The van der Waals surface area contributed by atoms with Crippen LogP contribution in [0, 0.1) is 0 Å². The van der Waals surface area contributed by atoms with Gasteiger partial charge in [0.2, 0.25) is 10.0 Å². The SMILES string of the molecule is CC1=CC(=O)Cc2ccc(NC(=O)c3cc(S(=O)(=O)N(C)C)ccc3N3CC[C@@H](F)C3)cc21. The number of carbonyl (C=O) groups excluding carboxylic acids is 2. The van der Waals surface area contributed by atoms with Crippen molar-refractivity contribution in [1.29, 1.82) is 0 Å². The number of hydrogen-bond donors (Lipinski definition) is 1. The molecule has 2 aliphatic rings. The number of allylic oxidation sites excluding steroid dienone is 2. The van der Waals surface area contributed by atoms with Gasteiger partial charge in [-0.1, -0.05) is 6.07 Å². The molecule has 1 aliphatic heterocycles. The number of alkyl halides is 1. The van der Waals surface area contributed by atoms with E-state index in [9.17, 15) is 22.4 Å². The Labute approximate surface area is 192 Å². The van der Waals surface area contributed by atoms with Crippen LogP contribution in [-0.2, 0) is 21.2 Å². The molecule has 0 radical (unpaired) electrons. The van der Waals surface area contributed by atoms with E-state index in [0.29, 0.717) is 30.8 Å². The zero-order chi connectivity index (χ0) is 23.9. The lowest BCUT2D eigenvalue weighted by Gasteiger charge is -2.22. The van der Waals surface area contributed by atoms with Crippen molar-refractivity contribution >= 4 is 38.7 Å². The predicted molar refractivity (Wildman–Crippen MR) is 126 cm³/mol. The molecular weight excluding hydrogens is 445 g/mol. The number of nitrogens with one attached hydrogen (secondary N) is 1. The van der Waals surface area contributed by atoms with Gasteiger partial charge in [-0.2, -0.15) is 0 Å². The van der Waals surface area contributed by atoms with Crippen LogP contribution in [0.1, 0.15) is 34.8 Å². The Balaban J connectivity index is 1.71. The first-order valence-electron chi connectivity index (χ1n) is 10.7. The quantitative estimate of drug-likeness (QED) is 0.723. The summed E-state index contributed by atoms with van der Waals surface area (Å²) in [7, 11) is -0.917. The van der Waals surface area contributed by atoms with Crippen molar-refractivity contribution in [3.05, 3.63) is 59.2 Å². The number of halogens is 1. The highest BCUT2D eigenvalue weighted by Crippen LogP contribution is 2.31. The molecule has 4 rings (SSSR count). The van der Waals surface area contributed by atoms with E-state index in [1.807, 2.05) is 6.92 Å². The maximum Gasteiger partial charge on any atom is 0.257 e. The Kier molecular flexibility index (Phi) is 6.11. The van der Waals surface area contributed by atoms with Crippen molar-refractivity contribution in [1.82, 2.24) is 4.31 Å². The molecule has 0 aromatic heterocycles. The van der Waals surface area contributed by atoms with E-state index in [4.69, 9.17) is 0 Å². The molecule has 2 aromatic rings. The lowest BCUT2D eigenvalue weighted by atomic mass is 9.90. The summed E-state index contributed by atoms with van der Waals surface area (Å²) >= 11 is 0. The topological polar surface area (TPSA) is 86.8 Å². The average Bonchev–Trinajstić information content (AvgIpc) is 3.19. The second-order valence-electron chi connectivity index (χ2n) is 8.59. The number of hydrogen-bond acceptors (Lipinski definition) is 5. The summed E-state index contributed by atoms with van der Waals surface area (Å²) in [6.07, 6.45) is 1.26. The molecular formula is C24H26FN3O4S. The first-order chi connectivity index (χ1) is 15.6. The minimum absolute atomic E-state index is 0.0138. The third-order valence-corrected chi connectivity index (χ3v) is 7.81. The van der Waals surface area contributed by atoms with Crippen molar-refractivity contribution in [2.75, 3.05) is 37.4 Å². The maximum atomic E-state index is 13.9. The predicted octanol–water partition coefficient (Wildman–Crippen LogP) is 3.27. The van der Waals surface area contributed by atoms with Crippen molar-refractivity contribution in [3.63, 3.8) is 0 Å². The van der Waals surface area contributed by atoms with Crippen LogP contribution in [0.3, 0.4) is 0 Å². The van der Waals surface area contributed by atoms with Crippen LogP contribution in [0.5, 0.6) is 0 Å². The van der Waals surface area contributed by atoms with Crippen LogP contribution in [0.2, 0.25) is 0 Å². The summed E-state index contributed by atoms with van der Waals surface area (Å²) in [6.45, 7) is 2.44. The summed E-state index contributed by atoms with van der Waals surface area (Å²) in [4.78, 5) is 26.9. The molecule has 2 aromatic carbocycles. The maximum absolute atomic E-state index is 13.9. The van der Waals surface area contributed by atoms with E-state index in [1.165, 1.54) is 26.2 Å². The highest BCUT2D eigenvalue weighted by atomic mass is 32.2. The van der Waals surface area contributed by atoms with Crippen molar-refractivity contribution < 1.29 is 22.4 Å². The molecule has 0 spiro atoms. The zero-order valence-corrected chi connectivity index (χ0v) is 19.6. The number of sulfonamides is 1. The summed E-state index contributed by atoms with van der Waals surface area (Å²) in [5.41, 5.74) is 3.78. The number of amides is 1. The molecule has 1 amide bonds. The van der Waals surface area contributed by atoms with Crippen LogP contribution in [0.15, 0.2) is 47.4 Å². The lowest BCUT2D eigenvalue weighted by Crippen LogP contribution is -2.26. The monoisotopic (exact) mass is 471 g/mol. The van der Waals surface area contributed by atoms with Gasteiger partial charge in [-0.25, -0.2) is 17.1 Å². The van der Waals surface area contributed by atoms with Crippen LogP contribution in [0.4, 0.5) is 15.8 Å². The van der Waals surface area contributed by atoms with E-state index in [1.54, 1.807) is 35.2 Å². The largest absolute Gasteiger partial charge is 0.368 e. The third-order valence-electron chi connectivity index (χ3n) is 6.00. The zero-order valence-electron chi connectivity index (χ0n) is 18.8. The number of benzene rings is 2. The highest BCUT2D eigenvalue weighted by Gasteiger charge is 2.28. The molecule has 1 atom stereocenters. The Morgan fingerprint density at radius 2 is 1.94 bits per heavy atom. The fourth-order valence-electron chi connectivity index (χ4n) is 4.21. The number of rotatable bonds is 5. The second-order valence-corrected chi connectivity index (χ2v) is 10.7. The fourth-order valence-corrected chi connectivity index (χ4v) is 5.14. The van der Waals surface area contributed by atoms with Gasteiger partial charge in [0.15, 0.2) is 5.78 Å². The molecule has 9 heteroatoms. The lowest BCUT2D eigenvalue weighted by molar-refractivity contribution is -0.114. The average molecular weight is 472 g/mol. The normalized spacial score (nSPS) is 18.3. The fraction of sp³-hybridized carbons (Fsp3) is 0.333. The van der Waals surface area contributed by atoms with Crippen molar-refractivity contribution in [2.45, 2.75) is 30.8 Å². The molecule has 0 bridgehead atoms. The van der Waals surface area contributed by atoms with Crippen molar-refractivity contribution in [3.8, 4) is 0 Å². The van der Waals surface area contributed by atoms with Crippen LogP contribution < -0.4 is 10.2 Å².